The van der Waals surface area contributed by atoms with Gasteiger partial charge in [0.1, 0.15) is 22.6 Å². The molecule has 1 atom stereocenters. The van der Waals surface area contributed by atoms with Crippen molar-refractivity contribution >= 4 is 28.3 Å². The van der Waals surface area contributed by atoms with Crippen LogP contribution in [0.15, 0.2) is 48.5 Å². The SMILES string of the molecule is COc1cccc(-c2nnc(NC(=O)C3CCCN3C(=O)c3ccccc3F)s2)c1. The van der Waals surface area contributed by atoms with E-state index >= 15 is 0 Å². The molecular formula is C21H19FN4O3S. The van der Waals surface area contributed by atoms with Crippen LogP contribution in [0.2, 0.25) is 0 Å². The quantitative estimate of drug-likeness (QED) is 0.674. The summed E-state index contributed by atoms with van der Waals surface area (Å²) in [5, 5.41) is 11.9. The zero-order valence-electron chi connectivity index (χ0n) is 16.2. The van der Waals surface area contributed by atoms with Crippen molar-refractivity contribution in [3.63, 3.8) is 0 Å². The average Bonchev–Trinajstić information content (AvgIpc) is 3.43. The molecule has 0 spiro atoms. The van der Waals surface area contributed by atoms with E-state index in [4.69, 9.17) is 4.74 Å². The molecule has 0 saturated carbocycles. The lowest BCUT2D eigenvalue weighted by molar-refractivity contribution is -0.119. The maximum absolute atomic E-state index is 14.0. The minimum Gasteiger partial charge on any atom is -0.497 e. The van der Waals surface area contributed by atoms with Crippen molar-refractivity contribution in [1.29, 1.82) is 0 Å². The van der Waals surface area contributed by atoms with Crippen molar-refractivity contribution in [2.45, 2.75) is 18.9 Å². The molecule has 154 valence electrons. The summed E-state index contributed by atoms with van der Waals surface area (Å²) in [5.74, 6) is -0.743. The van der Waals surface area contributed by atoms with Crippen molar-refractivity contribution in [2.75, 3.05) is 19.0 Å². The molecule has 4 rings (SSSR count). The first-order chi connectivity index (χ1) is 14.6. The second kappa shape index (κ2) is 8.58. The number of nitrogens with zero attached hydrogens (tertiary/aromatic N) is 3. The second-order valence-electron chi connectivity index (χ2n) is 6.77. The van der Waals surface area contributed by atoms with Gasteiger partial charge < -0.3 is 9.64 Å². The number of halogens is 1. The number of aromatic nitrogens is 2. The van der Waals surface area contributed by atoms with E-state index in [1.807, 2.05) is 24.3 Å². The van der Waals surface area contributed by atoms with Gasteiger partial charge in [-0.25, -0.2) is 4.39 Å². The van der Waals surface area contributed by atoms with Crippen LogP contribution in [0.1, 0.15) is 23.2 Å². The van der Waals surface area contributed by atoms with Gasteiger partial charge >= 0.3 is 0 Å². The molecule has 1 fully saturated rings. The monoisotopic (exact) mass is 426 g/mol. The van der Waals surface area contributed by atoms with Gasteiger partial charge in [-0.2, -0.15) is 0 Å². The smallest absolute Gasteiger partial charge is 0.257 e. The highest BCUT2D eigenvalue weighted by atomic mass is 32.1. The number of anilines is 1. The summed E-state index contributed by atoms with van der Waals surface area (Å²) in [5.41, 5.74) is 0.790. The van der Waals surface area contributed by atoms with Gasteiger partial charge in [0.25, 0.3) is 5.91 Å². The van der Waals surface area contributed by atoms with E-state index in [1.54, 1.807) is 13.2 Å². The summed E-state index contributed by atoms with van der Waals surface area (Å²) in [4.78, 5) is 27.0. The Morgan fingerprint density at radius 3 is 2.83 bits per heavy atom. The molecule has 30 heavy (non-hydrogen) atoms. The number of hydrogen-bond donors (Lipinski definition) is 1. The Kier molecular flexibility index (Phi) is 5.71. The Hall–Kier alpha value is -3.33. The minimum atomic E-state index is -0.679. The Morgan fingerprint density at radius 2 is 2.03 bits per heavy atom. The van der Waals surface area contributed by atoms with Gasteiger partial charge in [-0.05, 0) is 37.1 Å². The number of benzene rings is 2. The molecule has 0 aliphatic carbocycles. The van der Waals surface area contributed by atoms with Crippen LogP contribution >= 0.6 is 11.3 Å². The van der Waals surface area contributed by atoms with Crippen molar-refractivity contribution < 1.29 is 18.7 Å². The number of carbonyl (C=O) groups excluding carboxylic acids is 2. The van der Waals surface area contributed by atoms with Crippen LogP contribution in [-0.4, -0.2) is 46.6 Å². The number of likely N-dealkylation sites (tertiary alicyclic amines) is 1. The van der Waals surface area contributed by atoms with Crippen molar-refractivity contribution in [3.8, 4) is 16.3 Å². The Morgan fingerprint density at radius 1 is 1.20 bits per heavy atom. The Labute approximate surface area is 176 Å². The van der Waals surface area contributed by atoms with E-state index in [2.05, 4.69) is 15.5 Å². The third-order valence-corrected chi connectivity index (χ3v) is 5.78. The Bertz CT molecular complexity index is 1090. The largest absolute Gasteiger partial charge is 0.497 e. The van der Waals surface area contributed by atoms with Gasteiger partial charge in [0.2, 0.25) is 11.0 Å². The van der Waals surface area contributed by atoms with Crippen molar-refractivity contribution in [1.82, 2.24) is 15.1 Å². The fraction of sp³-hybridized carbons (Fsp3) is 0.238. The highest BCUT2D eigenvalue weighted by molar-refractivity contribution is 7.18. The first-order valence-corrected chi connectivity index (χ1v) is 10.2. The lowest BCUT2D eigenvalue weighted by Gasteiger charge is -2.23. The molecule has 1 aliphatic rings. The first-order valence-electron chi connectivity index (χ1n) is 9.41. The normalized spacial score (nSPS) is 15.8. The molecule has 3 aromatic rings. The molecule has 0 radical (unpaired) electrons. The van der Waals surface area contributed by atoms with Crippen molar-refractivity contribution in [3.05, 3.63) is 59.9 Å². The fourth-order valence-electron chi connectivity index (χ4n) is 3.41. The van der Waals surface area contributed by atoms with E-state index in [1.165, 1.54) is 34.4 Å². The maximum Gasteiger partial charge on any atom is 0.257 e. The first kappa shape index (κ1) is 20.0. The predicted molar refractivity (Wildman–Crippen MR) is 111 cm³/mol. The summed E-state index contributed by atoms with van der Waals surface area (Å²) in [7, 11) is 1.58. The van der Waals surface area contributed by atoms with Crippen molar-refractivity contribution in [2.24, 2.45) is 0 Å². The topological polar surface area (TPSA) is 84.4 Å². The summed E-state index contributed by atoms with van der Waals surface area (Å²) in [6, 6.07) is 12.5. The molecule has 1 saturated heterocycles. The van der Waals surface area contributed by atoms with Crippen LogP contribution in [0.4, 0.5) is 9.52 Å². The van der Waals surface area contributed by atoms with Crippen LogP contribution in [-0.2, 0) is 4.79 Å². The zero-order chi connectivity index (χ0) is 21.1. The molecule has 1 aromatic heterocycles. The molecule has 9 heteroatoms. The number of rotatable bonds is 5. The molecule has 2 heterocycles. The Balaban J connectivity index is 1.48. The van der Waals surface area contributed by atoms with Crippen LogP contribution in [0, 0.1) is 5.82 Å². The van der Waals surface area contributed by atoms with Gasteiger partial charge in [-0.3, -0.25) is 14.9 Å². The molecule has 2 aromatic carbocycles. The summed E-state index contributed by atoms with van der Waals surface area (Å²) in [6.07, 6.45) is 1.18. The molecule has 7 nitrogen and oxygen atoms in total. The van der Waals surface area contributed by atoms with E-state index in [-0.39, 0.29) is 11.5 Å². The van der Waals surface area contributed by atoms with E-state index in [0.29, 0.717) is 35.3 Å². The highest BCUT2D eigenvalue weighted by Crippen LogP contribution is 2.29. The van der Waals surface area contributed by atoms with Gasteiger partial charge in [-0.1, -0.05) is 35.6 Å². The third-order valence-electron chi connectivity index (χ3n) is 4.89. The van der Waals surface area contributed by atoms with Crippen LogP contribution in [0.25, 0.3) is 10.6 Å². The minimum absolute atomic E-state index is 0.0339. The maximum atomic E-state index is 14.0. The van der Waals surface area contributed by atoms with E-state index < -0.39 is 17.8 Å². The molecular weight excluding hydrogens is 407 g/mol. The molecule has 2 amide bonds. The fourth-order valence-corrected chi connectivity index (χ4v) is 4.15. The van der Waals surface area contributed by atoms with Crippen LogP contribution < -0.4 is 10.1 Å². The zero-order valence-corrected chi connectivity index (χ0v) is 17.0. The number of carbonyl (C=O) groups is 2. The summed E-state index contributed by atoms with van der Waals surface area (Å²) in [6.45, 7) is 0.399. The molecule has 0 bridgehead atoms. The second-order valence-corrected chi connectivity index (χ2v) is 7.75. The number of amides is 2. The number of nitrogens with one attached hydrogen (secondary N) is 1. The van der Waals surface area contributed by atoms with E-state index in [9.17, 15) is 14.0 Å². The van der Waals surface area contributed by atoms with Gasteiger partial charge in [0.05, 0.1) is 12.7 Å². The lowest BCUT2D eigenvalue weighted by Crippen LogP contribution is -2.43. The van der Waals surface area contributed by atoms with Gasteiger partial charge in [0.15, 0.2) is 0 Å². The van der Waals surface area contributed by atoms with Gasteiger partial charge in [0, 0.05) is 12.1 Å². The number of ether oxygens (including phenoxy) is 1. The highest BCUT2D eigenvalue weighted by Gasteiger charge is 2.35. The standard InChI is InChI=1S/C21H19FN4O3S/c1-29-14-7-4-6-13(12-14)19-24-25-21(30-19)23-18(27)17-10-5-11-26(17)20(28)15-8-2-3-9-16(15)22/h2-4,6-9,12,17H,5,10-11H2,1H3,(H,23,25,27). The molecule has 1 unspecified atom stereocenters. The molecule has 1 aliphatic heterocycles. The van der Waals surface area contributed by atoms with E-state index in [0.717, 1.165) is 5.56 Å². The third kappa shape index (κ3) is 4.02. The lowest BCUT2D eigenvalue weighted by atomic mass is 10.1. The van der Waals surface area contributed by atoms with Crippen LogP contribution in [0.5, 0.6) is 5.75 Å². The van der Waals surface area contributed by atoms with Gasteiger partial charge in [-0.15, -0.1) is 10.2 Å². The average molecular weight is 426 g/mol. The van der Waals surface area contributed by atoms with Crippen LogP contribution in [0.3, 0.4) is 0 Å². The molecule has 1 N–H and O–H groups in total. The predicted octanol–water partition coefficient (Wildman–Crippen LogP) is 3.60. The number of hydrogen-bond acceptors (Lipinski definition) is 6. The summed E-state index contributed by atoms with van der Waals surface area (Å²) >= 11 is 1.23. The summed E-state index contributed by atoms with van der Waals surface area (Å²) < 4.78 is 19.2. The number of methoxy groups -OCH3 is 1.